The molecule has 0 radical (unpaired) electrons. The molecule has 0 saturated heterocycles. The molecule has 1 aliphatic rings. The number of alkyl halides is 3. The second-order valence-corrected chi connectivity index (χ2v) is 3.30. The third kappa shape index (κ3) is 2.98. The second kappa shape index (κ2) is 3.22. The van der Waals surface area contributed by atoms with Crippen molar-refractivity contribution in [3.63, 3.8) is 0 Å². The summed E-state index contributed by atoms with van der Waals surface area (Å²) in [6, 6.07) is 0. The third-order valence-corrected chi connectivity index (χ3v) is 2.06. The van der Waals surface area contributed by atoms with Crippen LogP contribution in [0.3, 0.4) is 0 Å². The first-order chi connectivity index (χ1) is 5.41. The maximum Gasteiger partial charge on any atom is 0.401 e. The van der Waals surface area contributed by atoms with Crippen LogP contribution < -0.4 is 5.32 Å². The maximum absolute atomic E-state index is 11.6. The number of nitrogens with one attached hydrogen (secondary N) is 1. The van der Waals surface area contributed by atoms with Gasteiger partial charge in [0.05, 0.1) is 12.1 Å². The van der Waals surface area contributed by atoms with E-state index in [1.54, 1.807) is 0 Å². The Bertz CT molecular complexity index is 153. The highest BCUT2D eigenvalue weighted by atomic mass is 19.4. The van der Waals surface area contributed by atoms with Crippen molar-refractivity contribution >= 4 is 0 Å². The number of hydrogen-bond donors (Lipinski definition) is 2. The van der Waals surface area contributed by atoms with Crippen LogP contribution in [0.2, 0.25) is 0 Å². The van der Waals surface area contributed by atoms with E-state index in [2.05, 4.69) is 5.32 Å². The van der Waals surface area contributed by atoms with Crippen LogP contribution >= 0.6 is 0 Å². The zero-order valence-electron chi connectivity index (χ0n) is 6.62. The van der Waals surface area contributed by atoms with Crippen molar-refractivity contribution in [2.24, 2.45) is 0 Å². The molecule has 0 amide bonds. The van der Waals surface area contributed by atoms with Gasteiger partial charge in [0.2, 0.25) is 0 Å². The summed E-state index contributed by atoms with van der Waals surface area (Å²) in [7, 11) is 0. The molecule has 0 bridgehead atoms. The van der Waals surface area contributed by atoms with Crippen LogP contribution in [0.15, 0.2) is 0 Å². The van der Waals surface area contributed by atoms with E-state index in [9.17, 15) is 18.3 Å². The Morgan fingerprint density at radius 3 is 2.25 bits per heavy atom. The lowest BCUT2D eigenvalue weighted by Gasteiger charge is -2.36. The molecule has 12 heavy (non-hydrogen) atoms. The summed E-state index contributed by atoms with van der Waals surface area (Å²) in [6.45, 7) is -0.970. The zero-order valence-corrected chi connectivity index (χ0v) is 6.62. The fourth-order valence-electron chi connectivity index (χ4n) is 1.20. The van der Waals surface area contributed by atoms with Crippen LogP contribution in [-0.2, 0) is 0 Å². The molecule has 0 heterocycles. The quantitative estimate of drug-likeness (QED) is 0.685. The number of hydrogen-bond acceptors (Lipinski definition) is 2. The Morgan fingerprint density at radius 2 is 1.92 bits per heavy atom. The molecule has 1 rings (SSSR count). The molecule has 1 aliphatic carbocycles. The van der Waals surface area contributed by atoms with Crippen molar-refractivity contribution in [1.82, 2.24) is 5.32 Å². The molecule has 0 atom stereocenters. The van der Waals surface area contributed by atoms with Gasteiger partial charge in [0.15, 0.2) is 0 Å². The van der Waals surface area contributed by atoms with Crippen LogP contribution in [0.25, 0.3) is 0 Å². The highest BCUT2D eigenvalue weighted by Crippen LogP contribution is 2.30. The maximum atomic E-state index is 11.6. The first-order valence-corrected chi connectivity index (χ1v) is 3.91. The predicted molar refractivity (Wildman–Crippen MR) is 37.7 cm³/mol. The molecule has 0 spiro atoms. The van der Waals surface area contributed by atoms with Gasteiger partial charge < -0.3 is 10.4 Å². The molecule has 2 N–H and O–H groups in total. The average molecular weight is 183 g/mol. The van der Waals surface area contributed by atoms with Gasteiger partial charge in [-0.25, -0.2) is 0 Å². The number of aliphatic hydroxyl groups is 1. The van der Waals surface area contributed by atoms with Crippen molar-refractivity contribution in [3.05, 3.63) is 0 Å². The van der Waals surface area contributed by atoms with Crippen molar-refractivity contribution in [1.29, 1.82) is 0 Å². The highest BCUT2D eigenvalue weighted by molar-refractivity contribution is 4.89. The van der Waals surface area contributed by atoms with E-state index in [-0.39, 0.29) is 6.54 Å². The molecule has 0 aliphatic heterocycles. The number of halogens is 3. The molecule has 72 valence electrons. The van der Waals surface area contributed by atoms with E-state index in [4.69, 9.17) is 0 Å². The summed E-state index contributed by atoms with van der Waals surface area (Å²) in [5, 5.41) is 11.6. The van der Waals surface area contributed by atoms with E-state index in [0.29, 0.717) is 12.8 Å². The van der Waals surface area contributed by atoms with Crippen LogP contribution in [0.4, 0.5) is 13.2 Å². The minimum atomic E-state index is -4.18. The lowest BCUT2D eigenvalue weighted by Crippen LogP contribution is -2.48. The van der Waals surface area contributed by atoms with Gasteiger partial charge in [-0.15, -0.1) is 0 Å². The first-order valence-electron chi connectivity index (χ1n) is 3.91. The lowest BCUT2D eigenvalue weighted by molar-refractivity contribution is -0.128. The number of rotatable bonds is 3. The van der Waals surface area contributed by atoms with Gasteiger partial charge in [0, 0.05) is 6.54 Å². The van der Waals surface area contributed by atoms with Crippen LogP contribution in [0, 0.1) is 0 Å². The smallest absolute Gasteiger partial charge is 0.389 e. The summed E-state index contributed by atoms with van der Waals surface area (Å²) < 4.78 is 34.8. The SMILES string of the molecule is OC1(CNCC(F)(F)F)CCC1. The summed E-state index contributed by atoms with van der Waals surface area (Å²) in [4.78, 5) is 0. The third-order valence-electron chi connectivity index (χ3n) is 2.06. The molecule has 5 heteroatoms. The Morgan fingerprint density at radius 1 is 1.33 bits per heavy atom. The molecule has 0 aromatic heterocycles. The first kappa shape index (κ1) is 9.80. The predicted octanol–water partition coefficient (Wildman–Crippen LogP) is 1.05. The normalized spacial score (nSPS) is 22.0. The van der Waals surface area contributed by atoms with E-state index < -0.39 is 18.3 Å². The summed E-state index contributed by atoms with van der Waals surface area (Å²) >= 11 is 0. The molecular formula is C7H12F3NO. The van der Waals surface area contributed by atoms with E-state index >= 15 is 0 Å². The van der Waals surface area contributed by atoms with Crippen molar-refractivity contribution < 1.29 is 18.3 Å². The monoisotopic (exact) mass is 183 g/mol. The van der Waals surface area contributed by atoms with Gasteiger partial charge in [-0.05, 0) is 19.3 Å². The van der Waals surface area contributed by atoms with Crippen molar-refractivity contribution in [2.75, 3.05) is 13.1 Å². The molecule has 0 aromatic rings. The van der Waals surface area contributed by atoms with E-state index in [1.807, 2.05) is 0 Å². The molecule has 1 fully saturated rings. The zero-order chi connectivity index (χ0) is 9.24. The Kier molecular flexibility index (Phi) is 2.63. The van der Waals surface area contributed by atoms with Gasteiger partial charge in [0.1, 0.15) is 0 Å². The molecular weight excluding hydrogens is 171 g/mol. The lowest BCUT2D eigenvalue weighted by atomic mass is 9.80. The van der Waals surface area contributed by atoms with E-state index in [0.717, 1.165) is 6.42 Å². The average Bonchev–Trinajstić information content (AvgIpc) is 1.81. The largest absolute Gasteiger partial charge is 0.401 e. The standard InChI is InChI=1S/C7H12F3NO/c8-7(9,10)5-11-4-6(12)2-1-3-6/h11-12H,1-5H2. The van der Waals surface area contributed by atoms with Crippen LogP contribution in [0.5, 0.6) is 0 Å². The van der Waals surface area contributed by atoms with Gasteiger partial charge in [-0.1, -0.05) is 0 Å². The van der Waals surface area contributed by atoms with Crippen LogP contribution in [-0.4, -0.2) is 30.0 Å². The summed E-state index contributed by atoms with van der Waals surface area (Å²) in [6.07, 6.45) is -2.06. The Labute approximate surface area is 68.8 Å². The van der Waals surface area contributed by atoms with Gasteiger partial charge in [-0.2, -0.15) is 13.2 Å². The Hall–Kier alpha value is -0.290. The van der Waals surface area contributed by atoms with Gasteiger partial charge in [-0.3, -0.25) is 0 Å². The molecule has 0 unspecified atom stereocenters. The summed E-state index contributed by atoms with van der Waals surface area (Å²) in [5.74, 6) is 0. The highest BCUT2D eigenvalue weighted by Gasteiger charge is 2.35. The molecule has 0 aromatic carbocycles. The minimum Gasteiger partial charge on any atom is -0.389 e. The van der Waals surface area contributed by atoms with Crippen molar-refractivity contribution in [2.45, 2.75) is 31.0 Å². The fourth-order valence-corrected chi connectivity index (χ4v) is 1.20. The molecule has 2 nitrogen and oxygen atoms in total. The fraction of sp³-hybridized carbons (Fsp3) is 1.00. The van der Waals surface area contributed by atoms with Gasteiger partial charge >= 0.3 is 6.18 Å². The second-order valence-electron chi connectivity index (χ2n) is 3.30. The molecule has 1 saturated carbocycles. The summed E-state index contributed by atoms with van der Waals surface area (Å²) in [5.41, 5.74) is -0.870. The minimum absolute atomic E-state index is 0.0481. The van der Waals surface area contributed by atoms with Crippen molar-refractivity contribution in [3.8, 4) is 0 Å². The van der Waals surface area contributed by atoms with Crippen LogP contribution in [0.1, 0.15) is 19.3 Å². The Balaban J connectivity index is 2.10. The van der Waals surface area contributed by atoms with E-state index in [1.165, 1.54) is 0 Å². The van der Waals surface area contributed by atoms with Gasteiger partial charge in [0.25, 0.3) is 0 Å². The topological polar surface area (TPSA) is 32.3 Å².